The Morgan fingerprint density at radius 1 is 1.44 bits per heavy atom. The van der Waals surface area contributed by atoms with Gasteiger partial charge < -0.3 is 9.64 Å². The molecule has 2 rings (SSSR count). The fraction of sp³-hybridized carbons (Fsp3) is 0.462. The van der Waals surface area contributed by atoms with Crippen LogP contribution >= 0.6 is 12.4 Å². The summed E-state index contributed by atoms with van der Waals surface area (Å²) in [5.74, 6) is 0. The second-order valence-electron chi connectivity index (χ2n) is 4.43. The molecule has 1 saturated carbocycles. The minimum atomic E-state index is -0.556. The van der Waals surface area contributed by atoms with Crippen molar-refractivity contribution in [1.82, 2.24) is 4.90 Å². The Morgan fingerprint density at radius 2 is 2.06 bits per heavy atom. The molecule has 0 heterocycles. The van der Waals surface area contributed by atoms with Gasteiger partial charge in [-0.2, -0.15) is 0 Å². The second-order valence-corrected chi connectivity index (χ2v) is 4.43. The zero-order chi connectivity index (χ0) is 12.3. The highest BCUT2D eigenvalue weighted by atomic mass is 35.5. The number of nitrogens with zero attached hydrogens (tertiary/aromatic N) is 1. The van der Waals surface area contributed by atoms with Gasteiger partial charge in [-0.3, -0.25) is 5.73 Å². The number of carbonyl (C=O) groups is 1. The standard InChI is InChI=1S/C13H18N2O2.ClH/c1-10(14)17-13(16)15(12-7-8-12)9-11-5-3-2-4-6-11;/h2-6,10,12H,7-9,14H2,1H3;1H. The van der Waals surface area contributed by atoms with Crippen molar-refractivity contribution in [1.29, 1.82) is 0 Å². The Morgan fingerprint density at radius 3 is 2.56 bits per heavy atom. The molecule has 0 aliphatic heterocycles. The first kappa shape index (κ1) is 14.8. The van der Waals surface area contributed by atoms with E-state index < -0.39 is 6.23 Å². The van der Waals surface area contributed by atoms with Crippen molar-refractivity contribution in [3.05, 3.63) is 35.9 Å². The fourth-order valence-electron chi connectivity index (χ4n) is 1.74. The first-order valence-corrected chi connectivity index (χ1v) is 5.93. The van der Waals surface area contributed by atoms with Gasteiger partial charge in [0.1, 0.15) is 6.23 Å². The van der Waals surface area contributed by atoms with E-state index in [4.69, 9.17) is 10.5 Å². The van der Waals surface area contributed by atoms with Crippen molar-refractivity contribution in [2.75, 3.05) is 0 Å². The molecule has 1 aliphatic rings. The summed E-state index contributed by atoms with van der Waals surface area (Å²) in [7, 11) is 0. The number of amides is 1. The number of ether oxygens (including phenoxy) is 1. The molecule has 0 radical (unpaired) electrons. The van der Waals surface area contributed by atoms with Gasteiger partial charge in [0.15, 0.2) is 0 Å². The SMILES string of the molecule is CC(N)OC(=O)N(Cc1ccccc1)C1CC1.Cl. The Balaban J connectivity index is 0.00000162. The molecule has 0 bridgehead atoms. The first-order valence-electron chi connectivity index (χ1n) is 5.93. The van der Waals surface area contributed by atoms with Gasteiger partial charge in [0.2, 0.25) is 0 Å². The van der Waals surface area contributed by atoms with Crippen LogP contribution in [0.3, 0.4) is 0 Å². The zero-order valence-electron chi connectivity index (χ0n) is 10.4. The first-order chi connectivity index (χ1) is 8.16. The van der Waals surface area contributed by atoms with E-state index in [1.807, 2.05) is 30.3 Å². The smallest absolute Gasteiger partial charge is 0.411 e. The van der Waals surface area contributed by atoms with E-state index in [0.717, 1.165) is 18.4 Å². The predicted molar refractivity (Wildman–Crippen MR) is 72.4 cm³/mol. The second kappa shape index (κ2) is 6.61. The number of benzene rings is 1. The lowest BCUT2D eigenvalue weighted by molar-refractivity contribution is 0.0679. The normalized spacial score (nSPS) is 15.4. The van der Waals surface area contributed by atoms with E-state index in [9.17, 15) is 4.79 Å². The molecule has 0 aromatic heterocycles. The van der Waals surface area contributed by atoms with Gasteiger partial charge in [-0.05, 0) is 25.3 Å². The Labute approximate surface area is 114 Å². The minimum absolute atomic E-state index is 0. The number of hydrogen-bond acceptors (Lipinski definition) is 3. The maximum atomic E-state index is 11.9. The average molecular weight is 271 g/mol. The summed E-state index contributed by atoms with van der Waals surface area (Å²) >= 11 is 0. The van der Waals surface area contributed by atoms with Crippen LogP contribution in [0.15, 0.2) is 30.3 Å². The van der Waals surface area contributed by atoms with E-state index in [-0.39, 0.29) is 18.5 Å². The summed E-state index contributed by atoms with van der Waals surface area (Å²) in [6, 6.07) is 10.2. The summed E-state index contributed by atoms with van der Waals surface area (Å²) in [6.45, 7) is 2.25. The maximum absolute atomic E-state index is 11.9. The van der Waals surface area contributed by atoms with Gasteiger partial charge in [-0.25, -0.2) is 4.79 Å². The average Bonchev–Trinajstić information content (AvgIpc) is 3.10. The predicted octanol–water partition coefficient (Wildman–Crippen LogP) is 2.51. The highest BCUT2D eigenvalue weighted by Crippen LogP contribution is 2.29. The third kappa shape index (κ3) is 4.20. The lowest BCUT2D eigenvalue weighted by Crippen LogP contribution is -2.37. The minimum Gasteiger partial charge on any atom is -0.431 e. The third-order valence-electron chi connectivity index (χ3n) is 2.70. The maximum Gasteiger partial charge on any atom is 0.411 e. The van der Waals surface area contributed by atoms with Crippen LogP contribution < -0.4 is 5.73 Å². The van der Waals surface area contributed by atoms with Crippen molar-refractivity contribution in [3.63, 3.8) is 0 Å². The van der Waals surface area contributed by atoms with E-state index in [2.05, 4.69) is 0 Å². The number of rotatable bonds is 4. The number of hydrogen-bond donors (Lipinski definition) is 1. The molecule has 0 spiro atoms. The van der Waals surface area contributed by atoms with Gasteiger partial charge in [0.25, 0.3) is 0 Å². The van der Waals surface area contributed by atoms with Gasteiger partial charge in [0.05, 0.1) is 0 Å². The zero-order valence-corrected chi connectivity index (χ0v) is 11.2. The molecule has 1 fully saturated rings. The topological polar surface area (TPSA) is 55.6 Å². The highest BCUT2D eigenvalue weighted by molar-refractivity contribution is 5.85. The number of nitrogens with two attached hydrogens (primary N) is 1. The molecular weight excluding hydrogens is 252 g/mol. The molecule has 1 aliphatic carbocycles. The van der Waals surface area contributed by atoms with Crippen molar-refractivity contribution in [2.45, 2.75) is 38.6 Å². The van der Waals surface area contributed by atoms with Crippen LogP contribution in [0.1, 0.15) is 25.3 Å². The largest absolute Gasteiger partial charge is 0.431 e. The molecule has 2 N–H and O–H groups in total. The van der Waals surface area contributed by atoms with Crippen molar-refractivity contribution in [3.8, 4) is 0 Å². The van der Waals surface area contributed by atoms with Crippen LogP contribution in [0.2, 0.25) is 0 Å². The number of halogens is 1. The van der Waals surface area contributed by atoms with Gasteiger partial charge in [0, 0.05) is 12.6 Å². The van der Waals surface area contributed by atoms with Crippen LogP contribution in [0.5, 0.6) is 0 Å². The molecule has 1 atom stereocenters. The van der Waals surface area contributed by atoms with E-state index >= 15 is 0 Å². The molecule has 18 heavy (non-hydrogen) atoms. The molecule has 4 nitrogen and oxygen atoms in total. The van der Waals surface area contributed by atoms with Crippen molar-refractivity contribution in [2.24, 2.45) is 5.73 Å². The van der Waals surface area contributed by atoms with Crippen LogP contribution in [-0.2, 0) is 11.3 Å². The Bertz CT molecular complexity index is 380. The molecule has 5 heteroatoms. The van der Waals surface area contributed by atoms with Crippen LogP contribution in [0.4, 0.5) is 4.79 Å². The molecular formula is C13H19ClN2O2. The highest BCUT2D eigenvalue weighted by Gasteiger charge is 2.33. The Hall–Kier alpha value is -1.26. The molecule has 100 valence electrons. The molecule has 1 aromatic carbocycles. The third-order valence-corrected chi connectivity index (χ3v) is 2.70. The molecule has 1 amide bonds. The molecule has 1 unspecified atom stereocenters. The quantitative estimate of drug-likeness (QED) is 0.856. The van der Waals surface area contributed by atoms with Crippen LogP contribution in [0.25, 0.3) is 0 Å². The summed E-state index contributed by atoms with van der Waals surface area (Å²) in [5.41, 5.74) is 6.59. The van der Waals surface area contributed by atoms with E-state index in [0.29, 0.717) is 12.6 Å². The van der Waals surface area contributed by atoms with Crippen LogP contribution in [-0.4, -0.2) is 23.3 Å². The van der Waals surface area contributed by atoms with E-state index in [1.165, 1.54) is 0 Å². The van der Waals surface area contributed by atoms with Gasteiger partial charge in [-0.15, -0.1) is 12.4 Å². The summed E-state index contributed by atoms with van der Waals surface area (Å²) in [4.78, 5) is 13.6. The monoisotopic (exact) mass is 270 g/mol. The molecule has 1 aromatic rings. The van der Waals surface area contributed by atoms with Gasteiger partial charge >= 0.3 is 6.09 Å². The number of carbonyl (C=O) groups excluding carboxylic acids is 1. The summed E-state index contributed by atoms with van der Waals surface area (Å²) < 4.78 is 5.05. The van der Waals surface area contributed by atoms with Gasteiger partial charge in [-0.1, -0.05) is 30.3 Å². The van der Waals surface area contributed by atoms with Crippen LogP contribution in [0, 0.1) is 0 Å². The van der Waals surface area contributed by atoms with Crippen molar-refractivity contribution >= 4 is 18.5 Å². The lowest BCUT2D eigenvalue weighted by atomic mass is 10.2. The lowest BCUT2D eigenvalue weighted by Gasteiger charge is -2.23. The molecule has 0 saturated heterocycles. The summed E-state index contributed by atoms with van der Waals surface area (Å²) in [6.07, 6.45) is 1.24. The Kier molecular flexibility index (Phi) is 5.44. The summed E-state index contributed by atoms with van der Waals surface area (Å²) in [5, 5.41) is 0. The fourth-order valence-corrected chi connectivity index (χ4v) is 1.74. The van der Waals surface area contributed by atoms with Crippen molar-refractivity contribution < 1.29 is 9.53 Å². The van der Waals surface area contributed by atoms with E-state index in [1.54, 1.807) is 11.8 Å².